The van der Waals surface area contributed by atoms with Crippen LogP contribution in [0.15, 0.2) is 72.9 Å². The molecule has 10 heteroatoms. The van der Waals surface area contributed by atoms with E-state index in [4.69, 9.17) is 19.3 Å². The molecule has 0 aliphatic carbocycles. The molecule has 0 aromatic rings. The van der Waals surface area contributed by atoms with E-state index in [0.717, 1.165) is 50.9 Å². The van der Waals surface area contributed by atoms with E-state index in [1.807, 2.05) is 18.2 Å². The molecule has 0 heterocycles. The summed E-state index contributed by atoms with van der Waals surface area (Å²) in [5.74, 6) is -0.236. The summed E-state index contributed by atoms with van der Waals surface area (Å²) >= 11 is 0. The molecule has 0 saturated carbocycles. The number of carbonyl (C=O) groups is 2. The lowest BCUT2D eigenvalue weighted by Crippen LogP contribution is -2.29. The quantitative estimate of drug-likeness (QED) is 0.0193. The van der Waals surface area contributed by atoms with Crippen molar-refractivity contribution in [3.63, 3.8) is 0 Å². The van der Waals surface area contributed by atoms with Gasteiger partial charge in [0.05, 0.1) is 12.7 Å². The van der Waals surface area contributed by atoms with Crippen LogP contribution in [0.1, 0.15) is 149 Å². The van der Waals surface area contributed by atoms with E-state index in [0.29, 0.717) is 19.3 Å². The van der Waals surface area contributed by atoms with Crippen molar-refractivity contribution < 1.29 is 43.0 Å². The predicted molar refractivity (Wildman–Crippen MR) is 213 cm³/mol. The highest BCUT2D eigenvalue weighted by Gasteiger charge is 2.22. The maximum absolute atomic E-state index is 12.4. The van der Waals surface area contributed by atoms with Crippen LogP contribution < -0.4 is 0 Å². The molecule has 2 unspecified atom stereocenters. The molecule has 3 N–H and O–H groups in total. The molecule has 9 nitrogen and oxygen atoms in total. The monoisotopic (exact) mass is 750 g/mol. The van der Waals surface area contributed by atoms with Crippen LogP contribution in [0.4, 0.5) is 0 Å². The van der Waals surface area contributed by atoms with E-state index in [-0.39, 0.29) is 19.4 Å². The highest BCUT2D eigenvalue weighted by atomic mass is 31.2. The average Bonchev–Trinajstić information content (AvgIpc) is 3.11. The Labute approximate surface area is 315 Å². The van der Waals surface area contributed by atoms with E-state index >= 15 is 0 Å². The molecule has 0 radical (unpaired) electrons. The van der Waals surface area contributed by atoms with Gasteiger partial charge in [0.15, 0.2) is 6.10 Å². The molecular formula is C42H71O9P. The number of unbranched alkanes of at least 4 members (excludes halogenated alkanes) is 9. The first kappa shape index (κ1) is 49.5. The van der Waals surface area contributed by atoms with E-state index < -0.39 is 38.6 Å². The Balaban J connectivity index is 4.20. The van der Waals surface area contributed by atoms with Gasteiger partial charge in [0.25, 0.3) is 0 Å². The molecule has 0 saturated heterocycles. The van der Waals surface area contributed by atoms with Crippen molar-refractivity contribution in [2.45, 2.75) is 161 Å². The molecular weight excluding hydrogens is 679 g/mol. The largest absolute Gasteiger partial charge is 0.469 e. The third-order valence-electron chi connectivity index (χ3n) is 8.37. The summed E-state index contributed by atoms with van der Waals surface area (Å²) in [5.41, 5.74) is 0. The topological polar surface area (TPSA) is 140 Å². The first-order chi connectivity index (χ1) is 25.1. The van der Waals surface area contributed by atoms with Gasteiger partial charge in [0, 0.05) is 12.8 Å². The van der Waals surface area contributed by atoms with E-state index in [2.05, 4.69) is 61.8 Å². The van der Waals surface area contributed by atoms with Crippen LogP contribution in [0.2, 0.25) is 0 Å². The third-order valence-corrected chi connectivity index (χ3v) is 8.86. The molecule has 0 rings (SSSR count). The van der Waals surface area contributed by atoms with Crippen molar-refractivity contribution in [2.24, 2.45) is 5.92 Å². The van der Waals surface area contributed by atoms with Gasteiger partial charge in [-0.05, 0) is 50.9 Å². The number of phosphoric ester groups is 1. The fourth-order valence-electron chi connectivity index (χ4n) is 5.05. The summed E-state index contributed by atoms with van der Waals surface area (Å²) in [7, 11) is -4.80. The van der Waals surface area contributed by atoms with Crippen LogP contribution in [0.25, 0.3) is 0 Å². The zero-order chi connectivity index (χ0) is 38.5. The molecule has 0 fully saturated rings. The number of aliphatic hydroxyl groups excluding tert-OH is 1. The molecule has 0 amide bonds. The zero-order valence-corrected chi connectivity index (χ0v) is 33.3. The van der Waals surface area contributed by atoms with Gasteiger partial charge in [0.1, 0.15) is 6.61 Å². The first-order valence-electron chi connectivity index (χ1n) is 19.7. The van der Waals surface area contributed by atoms with Crippen LogP contribution in [0.5, 0.6) is 0 Å². The van der Waals surface area contributed by atoms with Crippen molar-refractivity contribution in [1.29, 1.82) is 0 Å². The minimum Gasteiger partial charge on any atom is -0.462 e. The SMILES string of the molecule is CC/C=C\C/C=C\C/C=C\C/C=C\C=C/C(O)C/C=C\CCC(=O)OC[C@H](COP(=O)(O)O)OC(=O)CCCCCCCCCCCCC(C)CC. The van der Waals surface area contributed by atoms with E-state index in [1.54, 1.807) is 18.2 Å². The van der Waals surface area contributed by atoms with Gasteiger partial charge in [-0.3, -0.25) is 14.1 Å². The second-order valence-electron chi connectivity index (χ2n) is 13.3. The lowest BCUT2D eigenvalue weighted by molar-refractivity contribution is -0.161. The number of aliphatic hydroxyl groups is 1. The molecule has 0 aromatic carbocycles. The van der Waals surface area contributed by atoms with Crippen LogP contribution in [0.3, 0.4) is 0 Å². The summed E-state index contributed by atoms with van der Waals surface area (Å²) < 4.78 is 26.2. The maximum atomic E-state index is 12.4. The van der Waals surface area contributed by atoms with Crippen molar-refractivity contribution in [1.82, 2.24) is 0 Å². The summed E-state index contributed by atoms with van der Waals surface area (Å²) in [5, 5.41) is 10.1. The number of hydrogen-bond acceptors (Lipinski definition) is 7. The van der Waals surface area contributed by atoms with Gasteiger partial charge in [-0.2, -0.15) is 0 Å². The molecule has 298 valence electrons. The Morgan fingerprint density at radius 2 is 1.25 bits per heavy atom. The van der Waals surface area contributed by atoms with Gasteiger partial charge in [-0.1, -0.05) is 164 Å². The second-order valence-corrected chi connectivity index (χ2v) is 14.6. The highest BCUT2D eigenvalue weighted by Crippen LogP contribution is 2.36. The van der Waals surface area contributed by atoms with Gasteiger partial charge in [0.2, 0.25) is 0 Å². The summed E-state index contributed by atoms with van der Waals surface area (Å²) in [6.45, 7) is 5.74. The number of esters is 2. The number of hydrogen-bond donors (Lipinski definition) is 3. The maximum Gasteiger partial charge on any atom is 0.469 e. The van der Waals surface area contributed by atoms with E-state index in [1.165, 1.54) is 51.4 Å². The van der Waals surface area contributed by atoms with Crippen molar-refractivity contribution >= 4 is 19.8 Å². The number of phosphoric acid groups is 1. The lowest BCUT2D eigenvalue weighted by Gasteiger charge is -2.18. The minimum atomic E-state index is -4.80. The number of rotatable bonds is 34. The van der Waals surface area contributed by atoms with Crippen molar-refractivity contribution in [3.8, 4) is 0 Å². The van der Waals surface area contributed by atoms with Crippen molar-refractivity contribution in [3.05, 3.63) is 72.9 Å². The molecule has 3 atom stereocenters. The summed E-state index contributed by atoms with van der Waals surface area (Å²) in [6, 6.07) is 0. The Morgan fingerprint density at radius 1 is 0.673 bits per heavy atom. The summed E-state index contributed by atoms with van der Waals surface area (Å²) in [4.78, 5) is 42.7. The Kier molecular flexibility index (Phi) is 33.7. The Morgan fingerprint density at radius 3 is 1.85 bits per heavy atom. The highest BCUT2D eigenvalue weighted by molar-refractivity contribution is 7.46. The molecule has 0 aromatic heterocycles. The first-order valence-corrected chi connectivity index (χ1v) is 21.3. The third kappa shape index (κ3) is 37.2. The standard InChI is InChI=1S/C42H71O9P/c1-4-6-7-8-9-10-11-12-13-17-20-23-27-32-39(43)33-28-25-30-34-41(44)49-36-40(37-50-52(46,47)48)51-42(45)35-29-24-21-18-15-14-16-19-22-26-31-38(3)5-2/h6-7,9-10,12-13,20,23,25,27-28,32,38-40,43H,4-5,8,11,14-19,21-22,24,26,29-31,33-37H2,1-3H3,(H2,46,47,48)/b7-6-,10-9-,13-12-,23-20-,28-25-,32-27-/t38?,39?,40-/m1/s1. The molecule has 52 heavy (non-hydrogen) atoms. The fourth-order valence-corrected chi connectivity index (χ4v) is 5.41. The van der Waals surface area contributed by atoms with Gasteiger partial charge >= 0.3 is 19.8 Å². The predicted octanol–water partition coefficient (Wildman–Crippen LogP) is 10.7. The van der Waals surface area contributed by atoms with Crippen LogP contribution in [0, 0.1) is 5.92 Å². The van der Waals surface area contributed by atoms with E-state index in [9.17, 15) is 19.3 Å². The lowest BCUT2D eigenvalue weighted by atomic mass is 9.99. The molecule has 0 aliphatic heterocycles. The number of allylic oxidation sites excluding steroid dienone is 10. The van der Waals surface area contributed by atoms with Crippen molar-refractivity contribution in [2.75, 3.05) is 13.2 Å². The van der Waals surface area contributed by atoms with Crippen LogP contribution >= 0.6 is 7.82 Å². The normalized spacial score (nSPS) is 14.5. The fraction of sp³-hybridized carbons (Fsp3) is 0.667. The zero-order valence-electron chi connectivity index (χ0n) is 32.5. The number of ether oxygens (including phenoxy) is 2. The smallest absolute Gasteiger partial charge is 0.462 e. The Bertz CT molecular complexity index is 1100. The number of carbonyl (C=O) groups excluding carboxylic acids is 2. The van der Waals surface area contributed by atoms with Gasteiger partial charge in [-0.25, -0.2) is 4.57 Å². The Hall–Kier alpha value is -2.55. The average molecular weight is 751 g/mol. The van der Waals surface area contributed by atoms with Gasteiger partial charge < -0.3 is 24.4 Å². The molecule has 0 aliphatic rings. The molecule has 0 spiro atoms. The second kappa shape index (κ2) is 35.5. The van der Waals surface area contributed by atoms with Crippen LogP contribution in [-0.4, -0.2) is 52.3 Å². The minimum absolute atomic E-state index is 0.0582. The van der Waals surface area contributed by atoms with Crippen LogP contribution in [-0.2, 0) is 28.2 Å². The summed E-state index contributed by atoms with van der Waals surface area (Å²) in [6.07, 6.45) is 40.9. The van der Waals surface area contributed by atoms with Gasteiger partial charge in [-0.15, -0.1) is 0 Å². The molecule has 0 bridgehead atoms.